The summed E-state index contributed by atoms with van der Waals surface area (Å²) in [7, 11) is 1.79. The molecule has 18 heavy (non-hydrogen) atoms. The second kappa shape index (κ2) is 5.55. The largest absolute Gasteiger partial charge is 0.392 e. The van der Waals surface area contributed by atoms with E-state index in [1.165, 1.54) is 6.07 Å². The van der Waals surface area contributed by atoms with E-state index in [0.29, 0.717) is 23.6 Å². The van der Waals surface area contributed by atoms with Crippen LogP contribution in [-0.4, -0.2) is 22.1 Å². The highest BCUT2D eigenvalue weighted by Crippen LogP contribution is 2.12. The first-order chi connectivity index (χ1) is 8.70. The molecular formula is C13H14FN3O. The molecule has 0 saturated heterocycles. The van der Waals surface area contributed by atoms with Crippen LogP contribution in [0.2, 0.25) is 0 Å². The minimum atomic E-state index is -0.240. The smallest absolute Gasteiger partial charge is 0.225 e. The lowest BCUT2D eigenvalue weighted by Gasteiger charge is -2.17. The van der Waals surface area contributed by atoms with Crippen molar-refractivity contribution in [1.29, 1.82) is 0 Å². The topological polar surface area (TPSA) is 49.2 Å². The molecule has 0 bridgehead atoms. The number of aliphatic hydroxyl groups is 1. The first-order valence-electron chi connectivity index (χ1n) is 5.57. The first-order valence-corrected chi connectivity index (χ1v) is 5.57. The Kier molecular flexibility index (Phi) is 3.84. The number of aliphatic hydroxyl groups excluding tert-OH is 1. The maximum absolute atomic E-state index is 13.5. The normalized spacial score (nSPS) is 10.4. The first kappa shape index (κ1) is 12.4. The number of aromatic nitrogens is 2. The van der Waals surface area contributed by atoms with Crippen molar-refractivity contribution < 1.29 is 9.50 Å². The Bertz CT molecular complexity index is 516. The summed E-state index contributed by atoms with van der Waals surface area (Å²) in [6.07, 6.45) is 3.11. The average Bonchev–Trinajstić information content (AvgIpc) is 2.41. The van der Waals surface area contributed by atoms with Gasteiger partial charge in [0, 0.05) is 37.1 Å². The lowest BCUT2D eigenvalue weighted by Crippen LogP contribution is -2.19. The summed E-state index contributed by atoms with van der Waals surface area (Å²) in [5.74, 6) is 0.256. The van der Waals surface area contributed by atoms with Crippen molar-refractivity contribution in [3.05, 3.63) is 53.6 Å². The summed E-state index contributed by atoms with van der Waals surface area (Å²) in [6.45, 7) is 0.308. The Morgan fingerprint density at radius 2 is 1.89 bits per heavy atom. The molecule has 0 saturated carbocycles. The van der Waals surface area contributed by atoms with Gasteiger partial charge in [-0.3, -0.25) is 0 Å². The maximum atomic E-state index is 13.5. The van der Waals surface area contributed by atoms with E-state index in [9.17, 15) is 4.39 Å². The van der Waals surface area contributed by atoms with Gasteiger partial charge < -0.3 is 10.0 Å². The predicted octanol–water partition coefficient (Wildman–Crippen LogP) is 1.74. The lowest BCUT2D eigenvalue weighted by atomic mass is 10.2. The number of anilines is 1. The van der Waals surface area contributed by atoms with E-state index >= 15 is 0 Å². The van der Waals surface area contributed by atoms with E-state index in [1.54, 1.807) is 42.5 Å². The Labute approximate surface area is 105 Å². The number of benzene rings is 1. The van der Waals surface area contributed by atoms with Crippen LogP contribution in [0.1, 0.15) is 11.1 Å². The molecule has 0 fully saturated rings. The molecule has 2 rings (SSSR count). The third-order valence-electron chi connectivity index (χ3n) is 2.58. The van der Waals surface area contributed by atoms with Gasteiger partial charge in [0.1, 0.15) is 5.82 Å². The van der Waals surface area contributed by atoms with E-state index in [1.807, 2.05) is 0 Å². The summed E-state index contributed by atoms with van der Waals surface area (Å²) in [6, 6.07) is 6.61. The average molecular weight is 247 g/mol. The van der Waals surface area contributed by atoms with Crippen LogP contribution in [0.3, 0.4) is 0 Å². The van der Waals surface area contributed by atoms with Gasteiger partial charge in [-0.25, -0.2) is 14.4 Å². The maximum Gasteiger partial charge on any atom is 0.225 e. The van der Waals surface area contributed by atoms with Crippen LogP contribution in [0, 0.1) is 5.82 Å². The van der Waals surface area contributed by atoms with Crippen molar-refractivity contribution >= 4 is 5.95 Å². The zero-order valence-corrected chi connectivity index (χ0v) is 10.0. The van der Waals surface area contributed by atoms with E-state index in [-0.39, 0.29) is 12.4 Å². The van der Waals surface area contributed by atoms with Gasteiger partial charge in [-0.2, -0.15) is 0 Å². The second-order valence-electron chi connectivity index (χ2n) is 4.00. The van der Waals surface area contributed by atoms with Crippen LogP contribution >= 0.6 is 0 Å². The second-order valence-corrected chi connectivity index (χ2v) is 4.00. The lowest BCUT2D eigenvalue weighted by molar-refractivity contribution is 0.281. The molecule has 1 aromatic carbocycles. The van der Waals surface area contributed by atoms with Crippen molar-refractivity contribution in [3.63, 3.8) is 0 Å². The molecule has 0 aliphatic carbocycles. The Morgan fingerprint density at radius 3 is 2.50 bits per heavy atom. The number of hydrogen-bond donors (Lipinski definition) is 1. The van der Waals surface area contributed by atoms with Crippen LogP contribution < -0.4 is 4.90 Å². The standard InChI is InChI=1S/C13H14FN3O/c1-17(8-11-4-2-3-5-12(11)14)13-15-6-10(9-18)7-16-13/h2-7,18H,8-9H2,1H3. The Balaban J connectivity index is 2.11. The Morgan fingerprint density at radius 1 is 1.22 bits per heavy atom. The molecule has 0 amide bonds. The van der Waals surface area contributed by atoms with Crippen LogP contribution in [0.4, 0.5) is 10.3 Å². The molecule has 0 radical (unpaired) electrons. The van der Waals surface area contributed by atoms with Gasteiger partial charge in [-0.05, 0) is 6.07 Å². The molecule has 5 heteroatoms. The van der Waals surface area contributed by atoms with Gasteiger partial charge in [0.05, 0.1) is 6.61 Å². The van der Waals surface area contributed by atoms with Gasteiger partial charge in [-0.15, -0.1) is 0 Å². The fourth-order valence-corrected chi connectivity index (χ4v) is 1.58. The fourth-order valence-electron chi connectivity index (χ4n) is 1.58. The molecule has 1 aromatic heterocycles. The Hall–Kier alpha value is -2.01. The monoisotopic (exact) mass is 247 g/mol. The van der Waals surface area contributed by atoms with Crippen molar-refractivity contribution in [2.45, 2.75) is 13.2 Å². The summed E-state index contributed by atoms with van der Waals surface area (Å²) in [4.78, 5) is 9.96. The summed E-state index contributed by atoms with van der Waals surface area (Å²) < 4.78 is 13.5. The molecule has 0 atom stereocenters. The minimum absolute atomic E-state index is 0.0860. The highest BCUT2D eigenvalue weighted by atomic mass is 19.1. The highest BCUT2D eigenvalue weighted by molar-refractivity contribution is 5.31. The zero-order valence-electron chi connectivity index (χ0n) is 10.0. The van der Waals surface area contributed by atoms with E-state index in [0.717, 1.165) is 0 Å². The molecule has 1 heterocycles. The van der Waals surface area contributed by atoms with E-state index in [2.05, 4.69) is 9.97 Å². The van der Waals surface area contributed by atoms with Crippen LogP contribution in [0.15, 0.2) is 36.7 Å². The van der Waals surface area contributed by atoms with Gasteiger partial charge in [0.2, 0.25) is 5.95 Å². The molecular weight excluding hydrogens is 233 g/mol. The number of halogens is 1. The SMILES string of the molecule is CN(Cc1ccccc1F)c1ncc(CO)cn1. The van der Waals surface area contributed by atoms with Gasteiger partial charge in [-0.1, -0.05) is 18.2 Å². The minimum Gasteiger partial charge on any atom is -0.392 e. The van der Waals surface area contributed by atoms with Crippen molar-refractivity contribution in [2.75, 3.05) is 11.9 Å². The quantitative estimate of drug-likeness (QED) is 0.894. The van der Waals surface area contributed by atoms with Crippen molar-refractivity contribution in [1.82, 2.24) is 9.97 Å². The van der Waals surface area contributed by atoms with Gasteiger partial charge in [0.25, 0.3) is 0 Å². The fraction of sp³-hybridized carbons (Fsp3) is 0.231. The van der Waals surface area contributed by atoms with Crippen molar-refractivity contribution in [3.8, 4) is 0 Å². The van der Waals surface area contributed by atoms with Crippen molar-refractivity contribution in [2.24, 2.45) is 0 Å². The third kappa shape index (κ3) is 2.81. The molecule has 94 valence electrons. The summed E-state index contributed by atoms with van der Waals surface area (Å²) in [5, 5.41) is 8.90. The molecule has 0 unspecified atom stereocenters. The number of hydrogen-bond acceptors (Lipinski definition) is 4. The number of rotatable bonds is 4. The van der Waals surface area contributed by atoms with E-state index in [4.69, 9.17) is 5.11 Å². The number of nitrogens with zero attached hydrogens (tertiary/aromatic N) is 3. The molecule has 0 aliphatic heterocycles. The summed E-state index contributed by atoms with van der Waals surface area (Å²) in [5.41, 5.74) is 1.24. The van der Waals surface area contributed by atoms with Gasteiger partial charge in [0.15, 0.2) is 0 Å². The molecule has 2 aromatic rings. The molecule has 4 nitrogen and oxygen atoms in total. The predicted molar refractivity (Wildman–Crippen MR) is 66.5 cm³/mol. The zero-order chi connectivity index (χ0) is 13.0. The van der Waals surface area contributed by atoms with Crippen LogP contribution in [-0.2, 0) is 13.2 Å². The molecule has 0 aliphatic rings. The van der Waals surface area contributed by atoms with Crippen LogP contribution in [0.5, 0.6) is 0 Å². The van der Waals surface area contributed by atoms with Crippen LogP contribution in [0.25, 0.3) is 0 Å². The molecule has 1 N–H and O–H groups in total. The highest BCUT2D eigenvalue weighted by Gasteiger charge is 2.08. The molecule has 0 spiro atoms. The van der Waals surface area contributed by atoms with Gasteiger partial charge >= 0.3 is 0 Å². The summed E-state index contributed by atoms with van der Waals surface area (Å²) >= 11 is 0. The third-order valence-corrected chi connectivity index (χ3v) is 2.58. The van der Waals surface area contributed by atoms with E-state index < -0.39 is 0 Å².